The van der Waals surface area contributed by atoms with Gasteiger partial charge in [0.2, 0.25) is 0 Å². The van der Waals surface area contributed by atoms with E-state index in [1.165, 1.54) is 44.0 Å². The van der Waals surface area contributed by atoms with Crippen molar-refractivity contribution in [3.05, 3.63) is 17.7 Å². The quantitative estimate of drug-likeness (QED) is 0.906. The minimum absolute atomic E-state index is 0.247. The van der Waals surface area contributed by atoms with Crippen LogP contribution in [0.25, 0.3) is 0 Å². The number of imidazole rings is 1. The van der Waals surface area contributed by atoms with Crippen molar-refractivity contribution in [2.24, 2.45) is 0 Å². The van der Waals surface area contributed by atoms with E-state index in [0.29, 0.717) is 5.92 Å². The highest BCUT2D eigenvalue weighted by Gasteiger charge is 2.26. The van der Waals surface area contributed by atoms with E-state index in [1.807, 2.05) is 0 Å². The van der Waals surface area contributed by atoms with Gasteiger partial charge in [0.25, 0.3) is 0 Å². The zero-order valence-electron chi connectivity index (χ0n) is 11.9. The molecule has 0 aliphatic carbocycles. The van der Waals surface area contributed by atoms with Crippen LogP contribution in [-0.4, -0.2) is 45.8 Å². The van der Waals surface area contributed by atoms with E-state index in [4.69, 9.17) is 4.98 Å². The molecule has 0 radical (unpaired) electrons. The number of hydrogen-bond donors (Lipinski definition) is 1. The molecule has 1 aromatic rings. The number of hydrogen-bond acceptors (Lipinski definition) is 3. The van der Waals surface area contributed by atoms with Crippen molar-refractivity contribution >= 4 is 0 Å². The van der Waals surface area contributed by atoms with Crippen LogP contribution in [0, 0.1) is 0 Å². The molecule has 4 nitrogen and oxygen atoms in total. The first-order valence-corrected chi connectivity index (χ1v) is 7.72. The Bertz CT molecular complexity index is 421. The fourth-order valence-corrected chi connectivity index (χ4v) is 3.51. The summed E-state index contributed by atoms with van der Waals surface area (Å²) < 4.78 is 2.24. The molecule has 0 aromatic carbocycles. The van der Waals surface area contributed by atoms with Gasteiger partial charge in [-0.15, -0.1) is 0 Å². The van der Waals surface area contributed by atoms with Crippen molar-refractivity contribution in [1.29, 1.82) is 0 Å². The first kappa shape index (κ1) is 13.1. The minimum Gasteiger partial charge on any atom is -0.394 e. The van der Waals surface area contributed by atoms with E-state index < -0.39 is 0 Å². The monoisotopic (exact) mass is 263 g/mol. The van der Waals surface area contributed by atoms with E-state index in [0.717, 1.165) is 19.3 Å². The third-order valence-electron chi connectivity index (χ3n) is 4.82. The summed E-state index contributed by atoms with van der Waals surface area (Å²) in [5.74, 6) is 1.82. The van der Waals surface area contributed by atoms with Gasteiger partial charge in [0.05, 0.1) is 18.3 Å². The van der Waals surface area contributed by atoms with Crippen molar-refractivity contribution in [2.45, 2.75) is 51.0 Å². The van der Waals surface area contributed by atoms with Crippen molar-refractivity contribution in [2.75, 3.05) is 26.2 Å². The number of piperidine rings is 1. The van der Waals surface area contributed by atoms with Gasteiger partial charge in [-0.05, 0) is 45.3 Å². The molecule has 1 atom stereocenters. The Balaban J connectivity index is 1.74. The SMILES string of the molecule is CCN1CCC(c2cn3c(n2)CCCC3CO)CC1. The number of rotatable bonds is 3. The molecule has 106 valence electrons. The second-order valence-electron chi connectivity index (χ2n) is 5.93. The molecule has 1 saturated heterocycles. The highest BCUT2D eigenvalue weighted by Crippen LogP contribution is 2.31. The van der Waals surface area contributed by atoms with E-state index in [2.05, 4.69) is 22.6 Å². The van der Waals surface area contributed by atoms with Gasteiger partial charge in [0.15, 0.2) is 0 Å². The lowest BCUT2D eigenvalue weighted by Gasteiger charge is -2.30. The Labute approximate surface area is 115 Å². The Morgan fingerprint density at radius 2 is 2.11 bits per heavy atom. The largest absolute Gasteiger partial charge is 0.394 e. The summed E-state index contributed by atoms with van der Waals surface area (Å²) in [4.78, 5) is 7.37. The highest BCUT2D eigenvalue weighted by molar-refractivity contribution is 5.13. The standard InChI is InChI=1S/C15H25N3O/c1-2-17-8-6-12(7-9-17)14-10-18-13(11-19)4-3-5-15(18)16-14/h10,12-13,19H,2-9,11H2,1H3. The molecule has 3 rings (SSSR count). The van der Waals surface area contributed by atoms with E-state index in [-0.39, 0.29) is 12.6 Å². The van der Waals surface area contributed by atoms with Gasteiger partial charge in [-0.2, -0.15) is 0 Å². The molecular weight excluding hydrogens is 238 g/mol. The second kappa shape index (κ2) is 5.63. The molecule has 0 amide bonds. The van der Waals surface area contributed by atoms with Gasteiger partial charge in [0, 0.05) is 18.5 Å². The Hall–Kier alpha value is -0.870. The van der Waals surface area contributed by atoms with Crippen molar-refractivity contribution in [1.82, 2.24) is 14.5 Å². The van der Waals surface area contributed by atoms with Crippen LogP contribution in [0.15, 0.2) is 6.20 Å². The van der Waals surface area contributed by atoms with Gasteiger partial charge < -0.3 is 14.6 Å². The Morgan fingerprint density at radius 3 is 2.79 bits per heavy atom. The average Bonchev–Trinajstić information content (AvgIpc) is 2.91. The van der Waals surface area contributed by atoms with Crippen molar-refractivity contribution < 1.29 is 5.11 Å². The molecule has 1 unspecified atom stereocenters. The van der Waals surface area contributed by atoms with Crippen LogP contribution in [0.3, 0.4) is 0 Å². The van der Waals surface area contributed by atoms with Crippen LogP contribution in [0.1, 0.15) is 56.1 Å². The summed E-state index contributed by atoms with van der Waals surface area (Å²) in [5.41, 5.74) is 1.27. The molecule has 1 fully saturated rings. The molecule has 2 aliphatic rings. The molecule has 4 heteroatoms. The number of nitrogens with zero attached hydrogens (tertiary/aromatic N) is 3. The zero-order valence-corrected chi connectivity index (χ0v) is 11.9. The van der Waals surface area contributed by atoms with E-state index in [9.17, 15) is 5.11 Å². The topological polar surface area (TPSA) is 41.3 Å². The molecule has 1 N–H and O–H groups in total. The van der Waals surface area contributed by atoms with Gasteiger partial charge in [-0.1, -0.05) is 6.92 Å². The summed E-state index contributed by atoms with van der Waals surface area (Å²) >= 11 is 0. The lowest BCUT2D eigenvalue weighted by atomic mass is 9.94. The highest BCUT2D eigenvalue weighted by atomic mass is 16.3. The Morgan fingerprint density at radius 1 is 1.32 bits per heavy atom. The Kier molecular flexibility index (Phi) is 3.89. The summed E-state index contributed by atoms with van der Waals surface area (Å²) in [6.45, 7) is 6.05. The number of fused-ring (bicyclic) bond motifs is 1. The maximum Gasteiger partial charge on any atom is 0.109 e. The van der Waals surface area contributed by atoms with Crippen LogP contribution in [0.2, 0.25) is 0 Å². The summed E-state index contributed by atoms with van der Waals surface area (Å²) in [5, 5.41) is 9.47. The maximum atomic E-state index is 9.47. The van der Waals surface area contributed by atoms with Crippen LogP contribution in [0.4, 0.5) is 0 Å². The molecule has 0 saturated carbocycles. The van der Waals surface area contributed by atoms with Crippen LogP contribution >= 0.6 is 0 Å². The third kappa shape index (κ3) is 2.56. The fourth-order valence-electron chi connectivity index (χ4n) is 3.51. The first-order chi connectivity index (χ1) is 9.31. The van der Waals surface area contributed by atoms with Crippen LogP contribution in [0.5, 0.6) is 0 Å². The predicted octanol–water partition coefficient (Wildman–Crippen LogP) is 1.95. The number of aliphatic hydroxyl groups excluding tert-OH is 1. The van der Waals surface area contributed by atoms with Gasteiger partial charge in [-0.25, -0.2) is 4.98 Å². The lowest BCUT2D eigenvalue weighted by Crippen LogP contribution is -2.32. The number of likely N-dealkylation sites (tertiary alicyclic amines) is 1. The lowest BCUT2D eigenvalue weighted by molar-refractivity contribution is 0.206. The van der Waals surface area contributed by atoms with Crippen molar-refractivity contribution in [3.8, 4) is 0 Å². The molecule has 2 aliphatic heterocycles. The summed E-state index contributed by atoms with van der Waals surface area (Å²) in [6, 6.07) is 0.265. The second-order valence-corrected chi connectivity index (χ2v) is 5.93. The molecule has 3 heterocycles. The van der Waals surface area contributed by atoms with E-state index in [1.54, 1.807) is 0 Å². The fraction of sp³-hybridized carbons (Fsp3) is 0.800. The summed E-state index contributed by atoms with van der Waals surface area (Å²) in [6.07, 6.45) is 8.01. The molecule has 19 heavy (non-hydrogen) atoms. The van der Waals surface area contributed by atoms with Gasteiger partial charge in [-0.3, -0.25) is 0 Å². The minimum atomic E-state index is 0.247. The van der Waals surface area contributed by atoms with Crippen LogP contribution < -0.4 is 0 Å². The van der Waals surface area contributed by atoms with Gasteiger partial charge >= 0.3 is 0 Å². The van der Waals surface area contributed by atoms with E-state index >= 15 is 0 Å². The van der Waals surface area contributed by atoms with Crippen molar-refractivity contribution in [3.63, 3.8) is 0 Å². The predicted molar refractivity (Wildman–Crippen MR) is 75.4 cm³/mol. The number of aromatic nitrogens is 2. The molecule has 0 bridgehead atoms. The number of aliphatic hydroxyl groups is 1. The maximum absolute atomic E-state index is 9.47. The number of aryl methyl sites for hydroxylation is 1. The molecular formula is C15H25N3O. The molecule has 0 spiro atoms. The zero-order chi connectivity index (χ0) is 13.2. The van der Waals surface area contributed by atoms with Gasteiger partial charge in [0.1, 0.15) is 5.82 Å². The average molecular weight is 263 g/mol. The third-order valence-corrected chi connectivity index (χ3v) is 4.82. The smallest absolute Gasteiger partial charge is 0.109 e. The molecule has 1 aromatic heterocycles. The van der Waals surface area contributed by atoms with Crippen LogP contribution in [-0.2, 0) is 6.42 Å². The summed E-state index contributed by atoms with van der Waals surface area (Å²) in [7, 11) is 0. The normalized spacial score (nSPS) is 25.5. The first-order valence-electron chi connectivity index (χ1n) is 7.72.